The summed E-state index contributed by atoms with van der Waals surface area (Å²) in [5.74, 6) is 5.44. The number of nitrogens with zero attached hydrogens (tertiary/aromatic N) is 2. The lowest BCUT2D eigenvalue weighted by molar-refractivity contribution is 0.597. The first-order valence-corrected chi connectivity index (χ1v) is 7.37. The van der Waals surface area contributed by atoms with Crippen molar-refractivity contribution in [2.45, 2.75) is 5.03 Å². The molecule has 0 aliphatic carbocycles. The molecule has 0 unspecified atom stereocenters. The molecule has 0 spiro atoms. The number of rotatable bonds is 4. The molecule has 9 heteroatoms. The minimum Gasteiger partial charge on any atom is -0.321 e. The van der Waals surface area contributed by atoms with Crippen molar-refractivity contribution in [3.8, 4) is 0 Å². The zero-order valence-electron chi connectivity index (χ0n) is 9.54. The highest BCUT2D eigenvalue weighted by molar-refractivity contribution is 9.10. The monoisotopic (exact) mass is 343 g/mol. The van der Waals surface area contributed by atoms with E-state index < -0.39 is 10.0 Å². The van der Waals surface area contributed by atoms with Gasteiger partial charge in [0.05, 0.1) is 10.2 Å². The Morgan fingerprint density at radius 1 is 1.16 bits per heavy atom. The summed E-state index contributed by atoms with van der Waals surface area (Å²) >= 11 is 3.21. The van der Waals surface area contributed by atoms with Crippen LogP contribution in [0.3, 0.4) is 0 Å². The minimum absolute atomic E-state index is 0.177. The van der Waals surface area contributed by atoms with Gasteiger partial charge in [0, 0.05) is 12.4 Å². The molecule has 0 aliphatic heterocycles. The van der Waals surface area contributed by atoms with Crippen LogP contribution in [0.2, 0.25) is 0 Å². The Morgan fingerprint density at radius 3 is 2.53 bits per heavy atom. The SMILES string of the molecule is NNc1cccnc1S(=O)(=O)Nc1ncccc1Br. The quantitative estimate of drug-likeness (QED) is 0.570. The van der Waals surface area contributed by atoms with Gasteiger partial charge in [-0.2, -0.15) is 8.42 Å². The van der Waals surface area contributed by atoms with Gasteiger partial charge >= 0.3 is 0 Å². The average Bonchev–Trinajstić information content (AvgIpc) is 2.41. The summed E-state index contributed by atoms with van der Waals surface area (Å²) in [5.41, 5.74) is 2.48. The van der Waals surface area contributed by atoms with Crippen LogP contribution in [0.1, 0.15) is 0 Å². The number of anilines is 2. The molecule has 2 aromatic heterocycles. The largest absolute Gasteiger partial charge is 0.321 e. The third-order valence-electron chi connectivity index (χ3n) is 2.17. The van der Waals surface area contributed by atoms with Gasteiger partial charge in [-0.3, -0.25) is 10.6 Å². The molecule has 0 bridgehead atoms. The van der Waals surface area contributed by atoms with Gasteiger partial charge in [0.2, 0.25) is 5.03 Å². The van der Waals surface area contributed by atoms with Crippen LogP contribution in [0.15, 0.2) is 46.2 Å². The minimum atomic E-state index is -3.87. The number of halogens is 1. The van der Waals surface area contributed by atoms with Gasteiger partial charge in [-0.05, 0) is 40.2 Å². The summed E-state index contributed by atoms with van der Waals surface area (Å²) in [7, 11) is -3.87. The molecule has 19 heavy (non-hydrogen) atoms. The Balaban J connectivity index is 2.41. The first-order chi connectivity index (χ1) is 9.04. The van der Waals surface area contributed by atoms with Crippen LogP contribution in [-0.4, -0.2) is 18.4 Å². The summed E-state index contributed by atoms with van der Waals surface area (Å²) in [5, 5.41) is -0.199. The summed E-state index contributed by atoms with van der Waals surface area (Å²) in [6, 6.07) is 6.43. The van der Waals surface area contributed by atoms with Gasteiger partial charge in [0.15, 0.2) is 5.82 Å². The maximum atomic E-state index is 12.2. The number of hydrogen-bond donors (Lipinski definition) is 3. The fraction of sp³-hybridized carbons (Fsp3) is 0. The number of hydrazine groups is 1. The molecule has 0 atom stereocenters. The first kappa shape index (κ1) is 13.7. The second kappa shape index (κ2) is 5.51. The highest BCUT2D eigenvalue weighted by Gasteiger charge is 2.21. The molecule has 2 rings (SSSR count). The highest BCUT2D eigenvalue weighted by Crippen LogP contribution is 2.24. The fourth-order valence-corrected chi connectivity index (χ4v) is 2.97. The fourth-order valence-electron chi connectivity index (χ4n) is 1.35. The molecule has 2 aromatic rings. The first-order valence-electron chi connectivity index (χ1n) is 5.09. The van der Waals surface area contributed by atoms with E-state index in [-0.39, 0.29) is 16.5 Å². The number of nitrogens with one attached hydrogen (secondary N) is 2. The predicted molar refractivity (Wildman–Crippen MR) is 74.8 cm³/mol. The van der Waals surface area contributed by atoms with Crippen molar-refractivity contribution in [2.24, 2.45) is 5.84 Å². The maximum Gasteiger partial charge on any atom is 0.282 e. The van der Waals surface area contributed by atoms with Crippen LogP contribution in [-0.2, 0) is 10.0 Å². The van der Waals surface area contributed by atoms with Crippen molar-refractivity contribution in [1.82, 2.24) is 9.97 Å². The van der Waals surface area contributed by atoms with Crippen molar-refractivity contribution in [3.05, 3.63) is 41.1 Å². The van der Waals surface area contributed by atoms with Crippen molar-refractivity contribution >= 4 is 37.5 Å². The Bertz CT molecular complexity index is 692. The topological polar surface area (TPSA) is 110 Å². The third kappa shape index (κ3) is 3.00. The molecule has 100 valence electrons. The predicted octanol–water partition coefficient (Wildman–Crippen LogP) is 1.33. The molecule has 0 radical (unpaired) electrons. The van der Waals surface area contributed by atoms with Gasteiger partial charge in [0.1, 0.15) is 0 Å². The van der Waals surface area contributed by atoms with Gasteiger partial charge in [-0.1, -0.05) is 0 Å². The molecule has 0 aromatic carbocycles. The summed E-state index contributed by atoms with van der Waals surface area (Å²) in [6.45, 7) is 0. The van der Waals surface area contributed by atoms with E-state index in [0.29, 0.717) is 4.47 Å². The summed E-state index contributed by atoms with van der Waals surface area (Å²) in [6.07, 6.45) is 2.84. The van der Waals surface area contributed by atoms with Crippen LogP contribution in [0.25, 0.3) is 0 Å². The van der Waals surface area contributed by atoms with E-state index in [1.165, 1.54) is 18.5 Å². The van der Waals surface area contributed by atoms with E-state index in [2.05, 4.69) is 36.0 Å². The van der Waals surface area contributed by atoms with Crippen LogP contribution in [0.4, 0.5) is 11.5 Å². The van der Waals surface area contributed by atoms with E-state index >= 15 is 0 Å². The van der Waals surface area contributed by atoms with E-state index in [1.807, 2.05) is 0 Å². The molecule has 0 amide bonds. The number of nitrogen functional groups attached to an aromatic ring is 1. The molecule has 7 nitrogen and oxygen atoms in total. The lowest BCUT2D eigenvalue weighted by Crippen LogP contribution is -2.19. The van der Waals surface area contributed by atoms with E-state index in [1.54, 1.807) is 18.2 Å². The Morgan fingerprint density at radius 2 is 1.84 bits per heavy atom. The van der Waals surface area contributed by atoms with Crippen molar-refractivity contribution < 1.29 is 8.42 Å². The van der Waals surface area contributed by atoms with Crippen molar-refractivity contribution in [2.75, 3.05) is 10.1 Å². The number of sulfonamides is 1. The normalized spacial score (nSPS) is 11.1. The maximum absolute atomic E-state index is 12.2. The lowest BCUT2D eigenvalue weighted by Gasteiger charge is -2.10. The average molecular weight is 344 g/mol. The van der Waals surface area contributed by atoms with E-state index in [9.17, 15) is 8.42 Å². The number of pyridine rings is 2. The van der Waals surface area contributed by atoms with Crippen LogP contribution >= 0.6 is 15.9 Å². The molecule has 0 aliphatic rings. The molecular formula is C10H10BrN5O2S. The van der Waals surface area contributed by atoms with Gasteiger partial charge < -0.3 is 5.43 Å². The van der Waals surface area contributed by atoms with Crippen LogP contribution < -0.4 is 16.0 Å². The van der Waals surface area contributed by atoms with Crippen LogP contribution in [0.5, 0.6) is 0 Å². The van der Waals surface area contributed by atoms with Gasteiger partial charge in [0.25, 0.3) is 10.0 Å². The summed E-state index contributed by atoms with van der Waals surface area (Å²) in [4.78, 5) is 7.74. The number of aromatic nitrogens is 2. The number of nitrogens with two attached hydrogens (primary N) is 1. The zero-order chi connectivity index (χ0) is 13.9. The molecule has 0 saturated heterocycles. The standard InChI is InChI=1S/C10H10BrN5O2S/c11-7-3-1-5-13-9(7)16-19(17,18)10-8(15-12)4-2-6-14-10/h1-6,15H,12H2,(H,13,16). The van der Waals surface area contributed by atoms with Gasteiger partial charge in [-0.15, -0.1) is 0 Å². The van der Waals surface area contributed by atoms with Gasteiger partial charge in [-0.25, -0.2) is 9.97 Å². The Hall–Kier alpha value is -1.71. The molecular weight excluding hydrogens is 334 g/mol. The lowest BCUT2D eigenvalue weighted by atomic mass is 10.4. The zero-order valence-corrected chi connectivity index (χ0v) is 11.9. The van der Waals surface area contributed by atoms with E-state index in [0.717, 1.165) is 0 Å². The van der Waals surface area contributed by atoms with Crippen molar-refractivity contribution in [3.63, 3.8) is 0 Å². The molecule has 0 fully saturated rings. The second-order valence-corrected chi connectivity index (χ2v) is 5.89. The number of hydrogen-bond acceptors (Lipinski definition) is 6. The molecule has 0 saturated carbocycles. The van der Waals surface area contributed by atoms with Crippen molar-refractivity contribution in [1.29, 1.82) is 0 Å². The Kier molecular flexibility index (Phi) is 3.98. The molecule has 4 N–H and O–H groups in total. The smallest absolute Gasteiger partial charge is 0.282 e. The molecule has 2 heterocycles. The van der Waals surface area contributed by atoms with E-state index in [4.69, 9.17) is 5.84 Å². The second-order valence-electron chi connectivity index (χ2n) is 3.44. The highest BCUT2D eigenvalue weighted by atomic mass is 79.9. The third-order valence-corrected chi connectivity index (χ3v) is 4.11. The van der Waals surface area contributed by atoms with Crippen LogP contribution in [0, 0.1) is 0 Å². The summed E-state index contributed by atoms with van der Waals surface area (Å²) < 4.78 is 27.3. The Labute approximate surface area is 118 Å².